The molecule has 10 nitrogen and oxygen atoms in total. The number of aromatic nitrogens is 1. The minimum Gasteiger partial charge on any atom is -0.497 e. The number of ether oxygens (including phenoxy) is 1. The topological polar surface area (TPSA) is 152 Å². The number of rotatable bonds is 9. The van der Waals surface area contributed by atoms with Gasteiger partial charge in [0.2, 0.25) is 0 Å². The molecule has 11 heteroatoms. The first-order valence-corrected chi connectivity index (χ1v) is 11.5. The second kappa shape index (κ2) is 10.6. The van der Waals surface area contributed by atoms with E-state index in [1.54, 1.807) is 7.11 Å². The lowest BCUT2D eigenvalue weighted by Gasteiger charge is -2.09. The average Bonchev–Trinajstić information content (AvgIpc) is 2.84. The van der Waals surface area contributed by atoms with Crippen molar-refractivity contribution in [1.82, 2.24) is 15.0 Å². The number of pyridine rings is 1. The highest BCUT2D eigenvalue weighted by Crippen LogP contribution is 2.13. The van der Waals surface area contributed by atoms with Crippen molar-refractivity contribution in [1.29, 1.82) is 0 Å². The summed E-state index contributed by atoms with van der Waals surface area (Å²) in [5.74, 6) is -1.87. The van der Waals surface area contributed by atoms with Crippen LogP contribution < -0.4 is 14.8 Å². The van der Waals surface area contributed by atoms with Gasteiger partial charge in [0.15, 0.2) is 0 Å². The summed E-state index contributed by atoms with van der Waals surface area (Å²) in [6.07, 6.45) is 1.57. The molecule has 0 spiro atoms. The number of hydrogen-bond acceptors (Lipinski definition) is 7. The van der Waals surface area contributed by atoms with Crippen LogP contribution in [0.3, 0.4) is 0 Å². The Kier molecular flexibility index (Phi) is 7.59. The minimum absolute atomic E-state index is 0.124. The first-order chi connectivity index (χ1) is 16.2. The molecule has 1 aromatic heterocycles. The Labute approximate surface area is 195 Å². The van der Waals surface area contributed by atoms with Gasteiger partial charge in [-0.05, 0) is 60.5 Å². The Hall–Kier alpha value is -4.25. The lowest BCUT2D eigenvalue weighted by atomic mass is 10.1. The Morgan fingerprint density at radius 1 is 0.912 bits per heavy atom. The van der Waals surface area contributed by atoms with E-state index in [9.17, 15) is 22.8 Å². The highest BCUT2D eigenvalue weighted by molar-refractivity contribution is 7.90. The van der Waals surface area contributed by atoms with E-state index < -0.39 is 21.9 Å². The Morgan fingerprint density at radius 2 is 1.56 bits per heavy atom. The lowest BCUT2D eigenvalue weighted by Crippen LogP contribution is -2.31. The third kappa shape index (κ3) is 6.17. The predicted octanol–water partition coefficient (Wildman–Crippen LogP) is 1.88. The van der Waals surface area contributed by atoms with E-state index in [1.165, 1.54) is 24.3 Å². The fourth-order valence-corrected chi connectivity index (χ4v) is 3.87. The van der Waals surface area contributed by atoms with Gasteiger partial charge in [0.25, 0.3) is 21.8 Å². The summed E-state index contributed by atoms with van der Waals surface area (Å²) in [7, 11) is -2.64. The summed E-state index contributed by atoms with van der Waals surface area (Å²) in [5.41, 5.74) is 0.873. The molecule has 1 heterocycles. The Morgan fingerprint density at radius 3 is 2.12 bits per heavy atom. The molecule has 3 N–H and O–H groups in total. The van der Waals surface area contributed by atoms with Crippen molar-refractivity contribution in [2.45, 2.75) is 11.3 Å². The van der Waals surface area contributed by atoms with Crippen molar-refractivity contribution >= 4 is 27.8 Å². The average molecular weight is 484 g/mol. The second-order valence-corrected chi connectivity index (χ2v) is 8.73. The smallest absolute Gasteiger partial charge is 0.354 e. The van der Waals surface area contributed by atoms with Crippen molar-refractivity contribution in [2.24, 2.45) is 0 Å². The number of carbonyl (C=O) groups excluding carboxylic acids is 2. The van der Waals surface area contributed by atoms with Gasteiger partial charge in [0, 0.05) is 18.3 Å². The summed E-state index contributed by atoms with van der Waals surface area (Å²) in [6, 6.07) is 14.8. The number of aromatic carboxylic acids is 1. The summed E-state index contributed by atoms with van der Waals surface area (Å²) < 4.78 is 32.0. The maximum Gasteiger partial charge on any atom is 0.354 e. The van der Waals surface area contributed by atoms with Crippen LogP contribution in [0.15, 0.2) is 71.8 Å². The molecule has 0 aliphatic rings. The lowest BCUT2D eigenvalue weighted by molar-refractivity contribution is 0.0689. The molecule has 0 saturated carbocycles. The molecule has 0 bridgehead atoms. The van der Waals surface area contributed by atoms with Crippen molar-refractivity contribution in [3.05, 3.63) is 89.2 Å². The Bertz CT molecular complexity index is 1290. The van der Waals surface area contributed by atoms with Crippen LogP contribution >= 0.6 is 0 Å². The van der Waals surface area contributed by atoms with Crippen molar-refractivity contribution in [3.8, 4) is 5.75 Å². The quantitative estimate of drug-likeness (QED) is 0.417. The van der Waals surface area contributed by atoms with Crippen LogP contribution in [-0.4, -0.2) is 49.9 Å². The maximum absolute atomic E-state index is 12.5. The first-order valence-electron chi connectivity index (χ1n) is 9.97. The van der Waals surface area contributed by atoms with Gasteiger partial charge in [0.1, 0.15) is 11.4 Å². The third-order valence-corrected chi connectivity index (χ3v) is 6.10. The molecule has 0 aliphatic carbocycles. The standard InChI is InChI=1S/C23H21N3O7S/c1-33-18-7-2-15(3-8-18)12-13-24-21(27)16-4-9-19(10-5-16)34(31,32)26-22(28)17-6-11-20(23(29)30)25-14-17/h2-11,14H,12-13H2,1H3,(H,24,27)(H,26,28)(H,29,30). The maximum atomic E-state index is 12.5. The van der Waals surface area contributed by atoms with Crippen LogP contribution in [-0.2, 0) is 16.4 Å². The van der Waals surface area contributed by atoms with Gasteiger partial charge in [-0.1, -0.05) is 12.1 Å². The number of benzene rings is 2. The zero-order valence-electron chi connectivity index (χ0n) is 18.0. The van der Waals surface area contributed by atoms with E-state index in [1.807, 2.05) is 29.0 Å². The highest BCUT2D eigenvalue weighted by Gasteiger charge is 2.20. The van der Waals surface area contributed by atoms with E-state index in [0.29, 0.717) is 13.0 Å². The third-order valence-electron chi connectivity index (χ3n) is 4.76. The molecule has 176 valence electrons. The summed E-state index contributed by atoms with van der Waals surface area (Å²) in [6.45, 7) is 0.385. The van der Waals surface area contributed by atoms with E-state index in [2.05, 4.69) is 10.3 Å². The van der Waals surface area contributed by atoms with E-state index >= 15 is 0 Å². The number of hydrogen-bond donors (Lipinski definition) is 3. The van der Waals surface area contributed by atoms with Gasteiger partial charge >= 0.3 is 5.97 Å². The van der Waals surface area contributed by atoms with Gasteiger partial charge < -0.3 is 15.2 Å². The number of carboxylic acids is 1. The zero-order valence-corrected chi connectivity index (χ0v) is 18.8. The van der Waals surface area contributed by atoms with Gasteiger partial charge in [-0.3, -0.25) is 9.59 Å². The molecular formula is C23H21N3O7S. The molecule has 3 rings (SSSR count). The molecule has 0 radical (unpaired) electrons. The number of nitrogens with one attached hydrogen (secondary N) is 2. The van der Waals surface area contributed by atoms with Gasteiger partial charge in [-0.2, -0.15) is 0 Å². The SMILES string of the molecule is COc1ccc(CCNC(=O)c2ccc(S(=O)(=O)NC(=O)c3ccc(C(=O)O)nc3)cc2)cc1. The molecular weight excluding hydrogens is 462 g/mol. The number of nitrogens with zero attached hydrogens (tertiary/aromatic N) is 1. The molecule has 2 amide bonds. The monoisotopic (exact) mass is 483 g/mol. The number of sulfonamides is 1. The number of methoxy groups -OCH3 is 1. The van der Waals surface area contributed by atoms with Crippen molar-refractivity contribution < 1.29 is 32.6 Å². The van der Waals surface area contributed by atoms with Gasteiger partial charge in [0.05, 0.1) is 17.6 Å². The van der Waals surface area contributed by atoms with Crippen LogP contribution in [0.4, 0.5) is 0 Å². The molecule has 0 unspecified atom stereocenters. The fraction of sp³-hybridized carbons (Fsp3) is 0.130. The van der Waals surface area contributed by atoms with Crippen LogP contribution in [0.25, 0.3) is 0 Å². The molecule has 0 aliphatic heterocycles. The molecule has 2 aromatic carbocycles. The van der Waals surface area contributed by atoms with E-state index in [-0.39, 0.29) is 27.6 Å². The van der Waals surface area contributed by atoms with E-state index in [0.717, 1.165) is 29.6 Å². The fourth-order valence-electron chi connectivity index (χ4n) is 2.89. The van der Waals surface area contributed by atoms with Gasteiger partial charge in [-0.25, -0.2) is 22.9 Å². The summed E-state index contributed by atoms with van der Waals surface area (Å²) >= 11 is 0. The number of carboxylic acid groups (broad SMARTS) is 1. The van der Waals surface area contributed by atoms with Crippen LogP contribution in [0, 0.1) is 0 Å². The van der Waals surface area contributed by atoms with Crippen molar-refractivity contribution in [2.75, 3.05) is 13.7 Å². The van der Waals surface area contributed by atoms with E-state index in [4.69, 9.17) is 9.84 Å². The molecule has 34 heavy (non-hydrogen) atoms. The summed E-state index contributed by atoms with van der Waals surface area (Å²) in [4.78, 5) is 38.7. The second-order valence-electron chi connectivity index (χ2n) is 7.05. The number of amides is 2. The van der Waals surface area contributed by atoms with Crippen LogP contribution in [0.2, 0.25) is 0 Å². The highest BCUT2D eigenvalue weighted by atomic mass is 32.2. The van der Waals surface area contributed by atoms with Gasteiger partial charge in [-0.15, -0.1) is 0 Å². The normalized spacial score (nSPS) is 10.9. The van der Waals surface area contributed by atoms with Crippen LogP contribution in [0.1, 0.15) is 36.8 Å². The number of carbonyl (C=O) groups is 3. The molecule has 0 atom stereocenters. The minimum atomic E-state index is -4.22. The first kappa shape index (κ1) is 24.4. The molecule has 0 fully saturated rings. The predicted molar refractivity (Wildman–Crippen MR) is 121 cm³/mol. The van der Waals surface area contributed by atoms with Crippen LogP contribution in [0.5, 0.6) is 5.75 Å². The molecule has 3 aromatic rings. The zero-order chi connectivity index (χ0) is 24.7. The van der Waals surface area contributed by atoms with Crippen molar-refractivity contribution in [3.63, 3.8) is 0 Å². The largest absolute Gasteiger partial charge is 0.497 e. The Balaban J connectivity index is 1.57. The molecule has 0 saturated heterocycles. The summed E-state index contributed by atoms with van der Waals surface area (Å²) in [5, 5.41) is 11.6.